The van der Waals surface area contributed by atoms with Gasteiger partial charge >= 0.3 is 0 Å². The predicted molar refractivity (Wildman–Crippen MR) is 148 cm³/mol. The number of carbonyl (C=O) groups is 1. The average Bonchev–Trinajstić information content (AvgIpc) is 3.49. The second kappa shape index (κ2) is 11.5. The maximum atomic E-state index is 15.1. The van der Waals surface area contributed by atoms with Gasteiger partial charge in [0.15, 0.2) is 0 Å². The number of aromatic nitrogens is 2. The normalized spacial score (nSPS) is 23.6. The van der Waals surface area contributed by atoms with E-state index in [1.165, 1.54) is 17.0 Å². The van der Waals surface area contributed by atoms with E-state index in [1.54, 1.807) is 18.3 Å². The molecule has 3 heterocycles. The van der Waals surface area contributed by atoms with E-state index in [2.05, 4.69) is 16.9 Å². The SMILES string of the molecule is CCCn1ncc(C(=O)N2C[C@@H](C3C=CC=CC3)C(F)(F)C2)c1C1CCN(Cc2ccc(S(N)(=O)=O)cc2)CC1. The molecule has 2 fully saturated rings. The summed E-state index contributed by atoms with van der Waals surface area (Å²) in [6.45, 7) is 4.44. The Hall–Kier alpha value is -2.89. The summed E-state index contributed by atoms with van der Waals surface area (Å²) in [5.41, 5.74) is 2.29. The molecule has 11 heteroatoms. The van der Waals surface area contributed by atoms with Crippen molar-refractivity contribution in [3.63, 3.8) is 0 Å². The van der Waals surface area contributed by atoms with Crippen molar-refractivity contribution in [2.24, 2.45) is 17.0 Å². The lowest BCUT2D eigenvalue weighted by atomic mass is 9.84. The summed E-state index contributed by atoms with van der Waals surface area (Å²) in [5.74, 6) is -4.37. The van der Waals surface area contributed by atoms with Gasteiger partial charge in [0.2, 0.25) is 10.0 Å². The van der Waals surface area contributed by atoms with Crippen LogP contribution in [0, 0.1) is 11.8 Å². The molecular weight excluding hydrogens is 536 g/mol. The number of hydrogen-bond donors (Lipinski definition) is 1. The Kier molecular flexibility index (Phi) is 8.26. The number of allylic oxidation sites excluding steroid dienone is 4. The third-order valence-corrected chi connectivity index (χ3v) is 9.29. The second-order valence-corrected chi connectivity index (χ2v) is 12.7. The quantitative estimate of drug-likeness (QED) is 0.511. The molecule has 2 aromatic rings. The molecular formula is C29H37F2N5O3S. The summed E-state index contributed by atoms with van der Waals surface area (Å²) in [4.78, 5) is 17.4. The van der Waals surface area contributed by atoms with Crippen LogP contribution in [0.5, 0.6) is 0 Å². The Bertz CT molecular complexity index is 1380. The maximum Gasteiger partial charge on any atom is 0.270 e. The third-order valence-electron chi connectivity index (χ3n) is 8.36. The zero-order chi connectivity index (χ0) is 28.5. The fourth-order valence-electron chi connectivity index (χ4n) is 6.27. The standard InChI is InChI=1S/C29H37F2N5O3S/c1-2-14-36-27(23-12-15-34(16-13-23)18-21-8-10-24(11-9-21)40(32,38)39)25(17-33-36)28(37)35-19-26(29(30,31)20-35)22-6-4-3-5-7-22/h3-6,8-11,17,22-23,26H,2,7,12-16,18-20H2,1H3,(H2,32,38,39)/t22?,26-/m0/s1. The monoisotopic (exact) mass is 573 g/mol. The van der Waals surface area contributed by atoms with Gasteiger partial charge in [-0.1, -0.05) is 43.4 Å². The number of carbonyl (C=O) groups excluding carboxylic acids is 1. The number of benzene rings is 1. The number of piperidine rings is 1. The van der Waals surface area contributed by atoms with Gasteiger partial charge in [-0.3, -0.25) is 14.4 Å². The van der Waals surface area contributed by atoms with Gasteiger partial charge in [-0.05, 0) is 62.4 Å². The summed E-state index contributed by atoms with van der Waals surface area (Å²) >= 11 is 0. The van der Waals surface area contributed by atoms with Gasteiger partial charge in [-0.15, -0.1) is 0 Å². The number of sulfonamides is 1. The van der Waals surface area contributed by atoms with Gasteiger partial charge in [0.1, 0.15) is 0 Å². The Morgan fingerprint density at radius 2 is 1.88 bits per heavy atom. The van der Waals surface area contributed by atoms with E-state index in [9.17, 15) is 13.2 Å². The Morgan fingerprint density at radius 3 is 2.50 bits per heavy atom. The van der Waals surface area contributed by atoms with Crippen LogP contribution in [-0.2, 0) is 23.1 Å². The van der Waals surface area contributed by atoms with E-state index >= 15 is 8.78 Å². The molecule has 2 atom stereocenters. The molecule has 3 aliphatic rings. The molecule has 40 heavy (non-hydrogen) atoms. The highest BCUT2D eigenvalue weighted by Crippen LogP contribution is 2.42. The van der Waals surface area contributed by atoms with E-state index in [4.69, 9.17) is 5.14 Å². The van der Waals surface area contributed by atoms with Crippen LogP contribution in [0.4, 0.5) is 8.78 Å². The Morgan fingerprint density at radius 1 is 1.15 bits per heavy atom. The van der Waals surface area contributed by atoms with Crippen LogP contribution in [0.25, 0.3) is 0 Å². The molecule has 1 aliphatic carbocycles. The van der Waals surface area contributed by atoms with Gasteiger partial charge in [0.25, 0.3) is 11.8 Å². The zero-order valence-corrected chi connectivity index (χ0v) is 23.6. The van der Waals surface area contributed by atoms with Crippen molar-refractivity contribution < 1.29 is 22.0 Å². The minimum absolute atomic E-state index is 0.0375. The number of alkyl halides is 2. The molecule has 1 amide bonds. The third kappa shape index (κ3) is 6.06. The summed E-state index contributed by atoms with van der Waals surface area (Å²) < 4.78 is 55.1. The molecule has 0 bridgehead atoms. The number of nitrogens with two attached hydrogens (primary N) is 1. The lowest BCUT2D eigenvalue weighted by Crippen LogP contribution is -2.35. The largest absolute Gasteiger partial charge is 0.332 e. The number of hydrogen-bond acceptors (Lipinski definition) is 5. The lowest BCUT2D eigenvalue weighted by molar-refractivity contribution is -0.0390. The first-order valence-electron chi connectivity index (χ1n) is 14.0. The first kappa shape index (κ1) is 28.6. The fraction of sp³-hybridized carbons (Fsp3) is 0.517. The van der Waals surface area contributed by atoms with Gasteiger partial charge in [0.05, 0.1) is 28.9 Å². The summed E-state index contributed by atoms with van der Waals surface area (Å²) in [7, 11) is -3.73. The van der Waals surface area contributed by atoms with E-state index in [-0.39, 0.29) is 29.2 Å². The van der Waals surface area contributed by atoms with Crippen molar-refractivity contribution in [1.29, 1.82) is 0 Å². The van der Waals surface area contributed by atoms with Crippen LogP contribution in [0.2, 0.25) is 0 Å². The fourth-order valence-corrected chi connectivity index (χ4v) is 6.78. The molecule has 2 saturated heterocycles. The molecule has 8 nitrogen and oxygen atoms in total. The van der Waals surface area contributed by atoms with Crippen molar-refractivity contribution >= 4 is 15.9 Å². The zero-order valence-electron chi connectivity index (χ0n) is 22.8. The van der Waals surface area contributed by atoms with Crippen LogP contribution < -0.4 is 5.14 Å². The van der Waals surface area contributed by atoms with E-state index in [0.29, 0.717) is 25.1 Å². The number of rotatable bonds is 8. The number of nitrogens with zero attached hydrogens (tertiary/aromatic N) is 4. The Labute approximate surface area is 234 Å². The highest BCUT2D eigenvalue weighted by atomic mass is 32.2. The first-order valence-corrected chi connectivity index (χ1v) is 15.5. The van der Waals surface area contributed by atoms with Crippen molar-refractivity contribution in [2.45, 2.75) is 62.4 Å². The van der Waals surface area contributed by atoms with Crippen molar-refractivity contribution in [1.82, 2.24) is 19.6 Å². The summed E-state index contributed by atoms with van der Waals surface area (Å²) in [6.07, 6.45) is 12.0. The minimum atomic E-state index is -3.73. The molecule has 2 N–H and O–H groups in total. The highest BCUT2D eigenvalue weighted by Gasteiger charge is 2.52. The van der Waals surface area contributed by atoms with Crippen LogP contribution in [-0.4, -0.2) is 66.0 Å². The van der Waals surface area contributed by atoms with Crippen LogP contribution in [0.15, 0.2) is 59.7 Å². The molecule has 0 radical (unpaired) electrons. The molecule has 2 aliphatic heterocycles. The van der Waals surface area contributed by atoms with Crippen molar-refractivity contribution in [3.05, 3.63) is 71.6 Å². The van der Waals surface area contributed by atoms with Crippen LogP contribution in [0.1, 0.15) is 60.1 Å². The van der Waals surface area contributed by atoms with Gasteiger partial charge < -0.3 is 4.90 Å². The molecule has 0 saturated carbocycles. The van der Waals surface area contributed by atoms with Gasteiger partial charge in [0, 0.05) is 31.5 Å². The molecule has 1 unspecified atom stereocenters. The maximum absolute atomic E-state index is 15.1. The molecule has 5 rings (SSSR count). The second-order valence-electron chi connectivity index (χ2n) is 11.2. The number of amides is 1. The smallest absolute Gasteiger partial charge is 0.270 e. The van der Waals surface area contributed by atoms with E-state index in [1.807, 2.05) is 29.0 Å². The van der Waals surface area contributed by atoms with Gasteiger partial charge in [-0.2, -0.15) is 5.10 Å². The number of aryl methyl sites for hydroxylation is 1. The molecule has 1 aromatic heterocycles. The summed E-state index contributed by atoms with van der Waals surface area (Å²) in [6, 6.07) is 6.59. The predicted octanol–water partition coefficient (Wildman–Crippen LogP) is 4.16. The van der Waals surface area contributed by atoms with E-state index in [0.717, 1.165) is 43.6 Å². The molecule has 1 aromatic carbocycles. The topological polar surface area (TPSA) is 102 Å². The summed E-state index contributed by atoms with van der Waals surface area (Å²) in [5, 5.41) is 9.72. The van der Waals surface area contributed by atoms with Crippen LogP contribution in [0.3, 0.4) is 0 Å². The first-order chi connectivity index (χ1) is 19.1. The number of primary sulfonamides is 1. The van der Waals surface area contributed by atoms with Crippen molar-refractivity contribution in [3.8, 4) is 0 Å². The van der Waals surface area contributed by atoms with Gasteiger partial charge in [-0.25, -0.2) is 22.3 Å². The number of likely N-dealkylation sites (tertiary alicyclic amines) is 2. The lowest BCUT2D eigenvalue weighted by Gasteiger charge is -2.33. The Balaban J connectivity index is 1.28. The molecule has 216 valence electrons. The highest BCUT2D eigenvalue weighted by molar-refractivity contribution is 7.89. The van der Waals surface area contributed by atoms with Crippen molar-refractivity contribution in [2.75, 3.05) is 26.2 Å². The van der Waals surface area contributed by atoms with Crippen LogP contribution >= 0.6 is 0 Å². The van der Waals surface area contributed by atoms with E-state index < -0.39 is 28.4 Å². The molecule has 0 spiro atoms. The average molecular weight is 574 g/mol. The minimum Gasteiger partial charge on any atom is -0.332 e. The number of halogens is 2.